The molecule has 0 aromatic carbocycles. The highest BCUT2D eigenvalue weighted by Crippen LogP contribution is 2.15. The van der Waals surface area contributed by atoms with Gasteiger partial charge < -0.3 is 10.0 Å². The highest BCUT2D eigenvalue weighted by atomic mass is 16.4. The SMILES string of the molecule is CN(CC(C)(C)C)C(=O)CCCCC(=O)O. The summed E-state index contributed by atoms with van der Waals surface area (Å²) in [5, 5.41) is 8.45. The van der Waals surface area contributed by atoms with Crippen molar-refractivity contribution in [3.63, 3.8) is 0 Å². The lowest BCUT2D eigenvalue weighted by molar-refractivity contribution is -0.137. The van der Waals surface area contributed by atoms with E-state index in [-0.39, 0.29) is 17.7 Å². The van der Waals surface area contributed by atoms with E-state index in [1.807, 2.05) is 0 Å². The topological polar surface area (TPSA) is 57.6 Å². The van der Waals surface area contributed by atoms with Gasteiger partial charge in [-0.05, 0) is 18.3 Å². The predicted octanol–water partition coefficient (Wildman–Crippen LogP) is 2.14. The summed E-state index contributed by atoms with van der Waals surface area (Å²) in [4.78, 5) is 23.6. The Labute approximate surface area is 97.6 Å². The van der Waals surface area contributed by atoms with Crippen LogP contribution in [-0.2, 0) is 9.59 Å². The minimum absolute atomic E-state index is 0.0975. The second kappa shape index (κ2) is 6.51. The number of carboxylic acids is 1. The molecule has 0 rings (SSSR count). The van der Waals surface area contributed by atoms with Crippen LogP contribution in [0.5, 0.6) is 0 Å². The van der Waals surface area contributed by atoms with Crippen molar-refractivity contribution in [2.45, 2.75) is 46.5 Å². The first-order valence-corrected chi connectivity index (χ1v) is 5.68. The molecule has 0 heterocycles. The van der Waals surface area contributed by atoms with Crippen molar-refractivity contribution < 1.29 is 14.7 Å². The average Bonchev–Trinajstić information content (AvgIpc) is 2.08. The molecule has 0 radical (unpaired) electrons. The maximum Gasteiger partial charge on any atom is 0.303 e. The van der Waals surface area contributed by atoms with E-state index < -0.39 is 5.97 Å². The molecule has 0 atom stereocenters. The van der Waals surface area contributed by atoms with Crippen molar-refractivity contribution >= 4 is 11.9 Å². The third-order valence-electron chi connectivity index (χ3n) is 2.17. The monoisotopic (exact) mass is 229 g/mol. The Balaban J connectivity index is 3.76. The third kappa shape index (κ3) is 8.26. The fourth-order valence-electron chi connectivity index (χ4n) is 1.54. The number of unbranched alkanes of at least 4 members (excludes halogenated alkanes) is 1. The van der Waals surface area contributed by atoms with Gasteiger partial charge in [0.25, 0.3) is 0 Å². The molecule has 1 amide bonds. The van der Waals surface area contributed by atoms with E-state index in [9.17, 15) is 9.59 Å². The first kappa shape index (κ1) is 14.9. The average molecular weight is 229 g/mol. The van der Waals surface area contributed by atoms with Gasteiger partial charge in [0.1, 0.15) is 0 Å². The molecule has 0 saturated heterocycles. The summed E-state index contributed by atoms with van der Waals surface area (Å²) < 4.78 is 0. The molecule has 0 aliphatic rings. The van der Waals surface area contributed by atoms with Crippen LogP contribution in [0.2, 0.25) is 0 Å². The molecule has 0 unspecified atom stereocenters. The molecular weight excluding hydrogens is 206 g/mol. The van der Waals surface area contributed by atoms with Crippen molar-refractivity contribution in [1.29, 1.82) is 0 Å². The van der Waals surface area contributed by atoms with Crippen LogP contribution < -0.4 is 0 Å². The molecule has 0 aliphatic heterocycles. The molecule has 0 aromatic heterocycles. The van der Waals surface area contributed by atoms with Gasteiger partial charge in [0.15, 0.2) is 0 Å². The zero-order chi connectivity index (χ0) is 12.8. The van der Waals surface area contributed by atoms with Gasteiger partial charge in [-0.15, -0.1) is 0 Å². The zero-order valence-corrected chi connectivity index (χ0v) is 10.7. The number of carbonyl (C=O) groups is 2. The maximum atomic E-state index is 11.6. The lowest BCUT2D eigenvalue weighted by Crippen LogP contribution is -2.34. The summed E-state index contributed by atoms with van der Waals surface area (Å²) in [6, 6.07) is 0. The Morgan fingerprint density at radius 2 is 1.62 bits per heavy atom. The lowest BCUT2D eigenvalue weighted by Gasteiger charge is -2.26. The van der Waals surface area contributed by atoms with E-state index >= 15 is 0 Å². The molecule has 0 bridgehead atoms. The molecule has 94 valence electrons. The Hall–Kier alpha value is -1.06. The van der Waals surface area contributed by atoms with Gasteiger partial charge >= 0.3 is 5.97 Å². The number of carboxylic acid groups (broad SMARTS) is 1. The maximum absolute atomic E-state index is 11.6. The molecule has 4 nitrogen and oxygen atoms in total. The predicted molar refractivity (Wildman–Crippen MR) is 63.2 cm³/mol. The molecule has 0 fully saturated rings. The second-order valence-corrected chi connectivity index (χ2v) is 5.41. The summed E-state index contributed by atoms with van der Waals surface area (Å²) in [7, 11) is 1.80. The Morgan fingerprint density at radius 1 is 1.12 bits per heavy atom. The van der Waals surface area contributed by atoms with Crippen LogP contribution in [0.15, 0.2) is 0 Å². The largest absolute Gasteiger partial charge is 0.481 e. The number of carbonyl (C=O) groups excluding carboxylic acids is 1. The van der Waals surface area contributed by atoms with Gasteiger partial charge in [-0.1, -0.05) is 20.8 Å². The van der Waals surface area contributed by atoms with E-state index in [0.717, 1.165) is 6.54 Å². The number of hydrogen-bond acceptors (Lipinski definition) is 2. The Kier molecular flexibility index (Phi) is 6.08. The van der Waals surface area contributed by atoms with Crippen molar-refractivity contribution in [1.82, 2.24) is 4.90 Å². The summed E-state index contributed by atoms with van der Waals surface area (Å²) in [5.74, 6) is -0.698. The van der Waals surface area contributed by atoms with Gasteiger partial charge in [-0.3, -0.25) is 9.59 Å². The van der Waals surface area contributed by atoms with E-state index in [4.69, 9.17) is 5.11 Å². The second-order valence-electron chi connectivity index (χ2n) is 5.41. The van der Waals surface area contributed by atoms with Crippen LogP contribution in [0.25, 0.3) is 0 Å². The number of aliphatic carboxylic acids is 1. The fourth-order valence-corrected chi connectivity index (χ4v) is 1.54. The summed E-state index contributed by atoms with van der Waals surface area (Å²) in [6.45, 7) is 6.98. The molecule has 1 N–H and O–H groups in total. The van der Waals surface area contributed by atoms with Crippen molar-refractivity contribution in [3.8, 4) is 0 Å². The summed E-state index contributed by atoms with van der Waals surface area (Å²) >= 11 is 0. The van der Waals surface area contributed by atoms with Crippen LogP contribution in [0.4, 0.5) is 0 Å². The standard InChI is InChI=1S/C12H23NO3/c1-12(2,3)9-13(4)10(14)7-5-6-8-11(15)16/h5-9H2,1-4H3,(H,15,16). The number of nitrogens with zero attached hydrogens (tertiary/aromatic N) is 1. The molecule has 0 saturated carbocycles. The van der Waals surface area contributed by atoms with Gasteiger partial charge in [-0.2, -0.15) is 0 Å². The molecule has 16 heavy (non-hydrogen) atoms. The van der Waals surface area contributed by atoms with Crippen molar-refractivity contribution in [2.75, 3.05) is 13.6 Å². The first-order valence-electron chi connectivity index (χ1n) is 5.68. The Morgan fingerprint density at radius 3 is 2.06 bits per heavy atom. The molecule has 0 aliphatic carbocycles. The van der Waals surface area contributed by atoms with Crippen LogP contribution in [-0.4, -0.2) is 35.5 Å². The van der Waals surface area contributed by atoms with E-state index in [2.05, 4.69) is 20.8 Å². The number of rotatable bonds is 6. The highest BCUT2D eigenvalue weighted by Gasteiger charge is 2.17. The molecule has 4 heteroatoms. The van der Waals surface area contributed by atoms with E-state index in [0.29, 0.717) is 19.3 Å². The van der Waals surface area contributed by atoms with Crippen LogP contribution >= 0.6 is 0 Å². The van der Waals surface area contributed by atoms with Crippen LogP contribution in [0.1, 0.15) is 46.5 Å². The van der Waals surface area contributed by atoms with Gasteiger partial charge in [-0.25, -0.2) is 0 Å². The van der Waals surface area contributed by atoms with Crippen molar-refractivity contribution in [2.24, 2.45) is 5.41 Å². The Bertz CT molecular complexity index is 243. The summed E-state index contributed by atoms with van der Waals surface area (Å²) in [5.41, 5.74) is 0.103. The minimum atomic E-state index is -0.796. The van der Waals surface area contributed by atoms with Gasteiger partial charge in [0, 0.05) is 26.4 Å². The molecule has 0 spiro atoms. The van der Waals surface area contributed by atoms with Crippen molar-refractivity contribution in [3.05, 3.63) is 0 Å². The normalized spacial score (nSPS) is 11.2. The number of amides is 1. The third-order valence-corrected chi connectivity index (χ3v) is 2.17. The van der Waals surface area contributed by atoms with Gasteiger partial charge in [0.2, 0.25) is 5.91 Å². The van der Waals surface area contributed by atoms with Crippen LogP contribution in [0.3, 0.4) is 0 Å². The smallest absolute Gasteiger partial charge is 0.303 e. The van der Waals surface area contributed by atoms with E-state index in [1.165, 1.54) is 0 Å². The zero-order valence-electron chi connectivity index (χ0n) is 10.7. The molecule has 0 aromatic rings. The van der Waals surface area contributed by atoms with Crippen LogP contribution in [0, 0.1) is 5.41 Å². The lowest BCUT2D eigenvalue weighted by atomic mass is 9.96. The highest BCUT2D eigenvalue weighted by molar-refractivity contribution is 5.76. The minimum Gasteiger partial charge on any atom is -0.481 e. The number of hydrogen-bond donors (Lipinski definition) is 1. The van der Waals surface area contributed by atoms with Gasteiger partial charge in [0.05, 0.1) is 0 Å². The first-order chi connectivity index (χ1) is 7.22. The molecular formula is C12H23NO3. The van der Waals surface area contributed by atoms with E-state index in [1.54, 1.807) is 11.9 Å². The summed E-state index contributed by atoms with van der Waals surface area (Å²) in [6.07, 6.45) is 1.82. The fraction of sp³-hybridized carbons (Fsp3) is 0.833. The quantitative estimate of drug-likeness (QED) is 0.710.